The van der Waals surface area contributed by atoms with Gasteiger partial charge in [-0.05, 0) is 0 Å². The quantitative estimate of drug-likeness (QED) is 0.194. The first kappa shape index (κ1) is 34.2. The predicted octanol–water partition coefficient (Wildman–Crippen LogP) is 1.45. The van der Waals surface area contributed by atoms with Crippen molar-refractivity contribution >= 4 is 55.5 Å². The molecule has 0 radical (unpaired) electrons. The van der Waals surface area contributed by atoms with Crippen molar-refractivity contribution in [2.75, 3.05) is 25.7 Å². The zero-order chi connectivity index (χ0) is 29.0. The van der Waals surface area contributed by atoms with Gasteiger partial charge in [0.25, 0.3) is 0 Å². The van der Waals surface area contributed by atoms with E-state index in [0.717, 1.165) is 0 Å². The monoisotopic (exact) mass is 624 g/mol. The summed E-state index contributed by atoms with van der Waals surface area (Å²) in [6.07, 6.45) is 3.65. The van der Waals surface area contributed by atoms with Gasteiger partial charge in [-0.15, -0.1) is 0 Å². The number of hydrogen-bond donors (Lipinski definition) is 3. The minimum absolute atomic E-state index is 0.149. The van der Waals surface area contributed by atoms with Gasteiger partial charge in [-0.2, -0.15) is 0 Å². The topological polar surface area (TPSA) is 143 Å². The van der Waals surface area contributed by atoms with Crippen molar-refractivity contribution in [3.05, 3.63) is 0 Å². The van der Waals surface area contributed by atoms with Crippen LogP contribution in [0.4, 0.5) is 4.79 Å². The van der Waals surface area contributed by atoms with Gasteiger partial charge in [0, 0.05) is 0 Å². The molecule has 1 saturated heterocycles. The van der Waals surface area contributed by atoms with E-state index in [9.17, 15) is 24.0 Å². The summed E-state index contributed by atoms with van der Waals surface area (Å²) in [6, 6.07) is -2.96. The van der Waals surface area contributed by atoms with Crippen LogP contribution in [0.15, 0.2) is 0 Å². The fourth-order valence-corrected chi connectivity index (χ4v) is 6.08. The van der Waals surface area contributed by atoms with Crippen LogP contribution in [-0.2, 0) is 28.7 Å². The average Bonchev–Trinajstić information content (AvgIpc) is 3.35. The third kappa shape index (κ3) is 11.1. The Labute approximate surface area is 237 Å². The molecule has 0 aromatic carbocycles. The van der Waals surface area contributed by atoms with Crippen LogP contribution >= 0.6 is 11.8 Å². The number of carbonyl (C=O) groups excluding carboxylic acids is 5. The fraction of sp³-hybridized carbons (Fsp3) is 0.800. The Hall–Kier alpha value is -1.82. The van der Waals surface area contributed by atoms with Gasteiger partial charge >= 0.3 is 237 Å². The standard InChI is InChI=1S/C25H44N4O7SSe/c1-9-15(2)19(27-21(31)18-11-10-13-29(18)24(34)36-25(4,5)6)23(33)38-28-17(12-14-37-8)20(30)26-16(3)22(32)35-7/h15-19,28H,9-14H2,1-8H3,(H,26,30)(H,27,31)/t15-,16-,17-,18-,19-/m0/s1. The van der Waals surface area contributed by atoms with Crippen LogP contribution in [0.2, 0.25) is 0 Å². The second kappa shape index (κ2) is 16.3. The van der Waals surface area contributed by atoms with E-state index >= 15 is 0 Å². The number of nitrogens with zero attached hydrogens (tertiary/aromatic N) is 1. The number of esters is 1. The Morgan fingerprint density at radius 3 is 2.34 bits per heavy atom. The average molecular weight is 624 g/mol. The third-order valence-electron chi connectivity index (χ3n) is 6.09. The third-order valence-corrected chi connectivity index (χ3v) is 8.53. The van der Waals surface area contributed by atoms with Gasteiger partial charge < -0.3 is 0 Å². The van der Waals surface area contributed by atoms with E-state index in [-0.39, 0.29) is 16.5 Å². The molecule has 0 unspecified atom stereocenters. The molecule has 1 heterocycles. The van der Waals surface area contributed by atoms with Crippen LogP contribution in [0.25, 0.3) is 0 Å². The molecule has 0 aliphatic carbocycles. The van der Waals surface area contributed by atoms with Gasteiger partial charge in [-0.25, -0.2) is 0 Å². The van der Waals surface area contributed by atoms with Crippen molar-refractivity contribution < 1.29 is 33.4 Å². The molecule has 0 aromatic heterocycles. The van der Waals surface area contributed by atoms with E-state index in [1.54, 1.807) is 32.5 Å². The normalized spacial score (nSPS) is 18.6. The molecule has 0 bridgehead atoms. The van der Waals surface area contributed by atoms with Crippen molar-refractivity contribution in [1.82, 2.24) is 19.9 Å². The molecule has 0 aromatic rings. The number of rotatable bonds is 14. The number of methoxy groups -OCH3 is 1. The Bertz CT molecular complexity index is 839. The summed E-state index contributed by atoms with van der Waals surface area (Å²) in [5, 5.41) is 5.50. The molecule has 1 rings (SSSR count). The van der Waals surface area contributed by atoms with Crippen LogP contribution in [0.3, 0.4) is 0 Å². The van der Waals surface area contributed by atoms with Gasteiger partial charge in [-0.3, -0.25) is 0 Å². The zero-order valence-electron chi connectivity index (χ0n) is 23.8. The summed E-state index contributed by atoms with van der Waals surface area (Å²) in [7, 11) is 1.25. The van der Waals surface area contributed by atoms with Crippen molar-refractivity contribution in [2.45, 2.75) is 97.0 Å². The van der Waals surface area contributed by atoms with E-state index < -0.39 is 62.9 Å². The predicted molar refractivity (Wildman–Crippen MR) is 148 cm³/mol. The molecule has 3 N–H and O–H groups in total. The van der Waals surface area contributed by atoms with E-state index in [1.165, 1.54) is 18.9 Å². The number of thioether (sulfide) groups is 1. The van der Waals surface area contributed by atoms with E-state index in [2.05, 4.69) is 19.7 Å². The van der Waals surface area contributed by atoms with Gasteiger partial charge in [0.15, 0.2) is 0 Å². The number of nitrogens with one attached hydrogen (secondary N) is 3. The second-order valence-corrected chi connectivity index (χ2v) is 13.1. The Balaban J connectivity index is 2.90. The van der Waals surface area contributed by atoms with Crippen LogP contribution < -0.4 is 15.0 Å². The van der Waals surface area contributed by atoms with Crippen molar-refractivity contribution in [3.8, 4) is 0 Å². The maximum atomic E-state index is 13.3. The Morgan fingerprint density at radius 1 is 1.13 bits per heavy atom. The summed E-state index contributed by atoms with van der Waals surface area (Å²) in [6.45, 7) is 11.1. The molecule has 1 fully saturated rings. The van der Waals surface area contributed by atoms with Gasteiger partial charge in [0.05, 0.1) is 0 Å². The van der Waals surface area contributed by atoms with Crippen LogP contribution in [0, 0.1) is 5.92 Å². The molecule has 218 valence electrons. The zero-order valence-corrected chi connectivity index (χ0v) is 26.3. The first-order chi connectivity index (χ1) is 17.7. The van der Waals surface area contributed by atoms with Crippen LogP contribution in [0.1, 0.15) is 67.2 Å². The molecule has 13 heteroatoms. The summed E-state index contributed by atoms with van der Waals surface area (Å²) >= 11 is 0.743. The molecular weight excluding hydrogens is 579 g/mol. The first-order valence-corrected chi connectivity index (χ1v) is 16.0. The molecule has 1 aliphatic heterocycles. The molecule has 11 nitrogen and oxygen atoms in total. The second-order valence-electron chi connectivity index (χ2n) is 10.3. The SMILES string of the molecule is CC[C@H](C)[C@H](NC(=O)[C@@H]1CCCN1C(=O)OC(C)(C)C)C(=O)[Se]N[C@@H](CCSC)C(=O)N[C@@H](C)C(=O)OC. The molecule has 5 atom stereocenters. The minimum atomic E-state index is -0.823. The van der Waals surface area contributed by atoms with Crippen LogP contribution in [-0.4, -0.2) is 104 Å². The summed E-state index contributed by atoms with van der Waals surface area (Å²) < 4.78 is 13.0. The first-order valence-electron chi connectivity index (χ1n) is 12.9. The molecular formula is C25H44N4O7SSe. The Morgan fingerprint density at radius 2 is 1.79 bits per heavy atom. The number of ether oxygens (including phenoxy) is 2. The van der Waals surface area contributed by atoms with Crippen molar-refractivity contribution in [3.63, 3.8) is 0 Å². The Kier molecular flexibility index (Phi) is 14.7. The number of amides is 3. The van der Waals surface area contributed by atoms with Gasteiger partial charge in [0.2, 0.25) is 0 Å². The number of hydrogen-bond acceptors (Lipinski definition) is 9. The number of likely N-dealkylation sites (tertiary alicyclic amines) is 1. The molecule has 1 aliphatic rings. The van der Waals surface area contributed by atoms with Gasteiger partial charge in [-0.1, -0.05) is 0 Å². The molecule has 3 amide bonds. The fourth-order valence-electron chi connectivity index (χ4n) is 3.72. The maximum absolute atomic E-state index is 13.3. The van der Waals surface area contributed by atoms with E-state index in [1.807, 2.05) is 20.1 Å². The van der Waals surface area contributed by atoms with Crippen molar-refractivity contribution in [2.24, 2.45) is 5.92 Å². The summed E-state index contributed by atoms with van der Waals surface area (Å²) in [4.78, 5) is 65.1. The van der Waals surface area contributed by atoms with E-state index in [0.29, 0.717) is 38.0 Å². The molecule has 0 spiro atoms. The van der Waals surface area contributed by atoms with E-state index in [4.69, 9.17) is 4.74 Å². The molecule has 38 heavy (non-hydrogen) atoms. The summed E-state index contributed by atoms with van der Waals surface area (Å²) in [5.74, 6) is -0.809. The number of carbonyl (C=O) groups is 5. The molecule has 0 saturated carbocycles. The van der Waals surface area contributed by atoms with Crippen LogP contribution in [0.5, 0.6) is 0 Å². The van der Waals surface area contributed by atoms with Gasteiger partial charge in [0.1, 0.15) is 0 Å². The summed E-state index contributed by atoms with van der Waals surface area (Å²) in [5.41, 5.74) is -0.683. The van der Waals surface area contributed by atoms with Crippen molar-refractivity contribution in [1.29, 1.82) is 0 Å².